The molecule has 0 aromatic heterocycles. The molecule has 0 spiro atoms. The third kappa shape index (κ3) is 2.15. The fourth-order valence-corrected chi connectivity index (χ4v) is 2.21. The molecule has 0 amide bonds. The SMILES string of the molecule is COc1ccccc1C1(C)CC1N=C(N)N(C)C. The van der Waals surface area contributed by atoms with Gasteiger partial charge in [0.2, 0.25) is 0 Å². The lowest BCUT2D eigenvalue weighted by atomic mass is 9.96. The zero-order chi connectivity index (χ0) is 13.3. The van der Waals surface area contributed by atoms with Crippen molar-refractivity contribution in [1.82, 2.24) is 4.90 Å². The van der Waals surface area contributed by atoms with Crippen molar-refractivity contribution < 1.29 is 4.74 Å². The minimum Gasteiger partial charge on any atom is -0.496 e. The number of benzene rings is 1. The Labute approximate surface area is 108 Å². The van der Waals surface area contributed by atoms with Gasteiger partial charge < -0.3 is 15.4 Å². The van der Waals surface area contributed by atoms with Crippen LogP contribution in [0.5, 0.6) is 5.75 Å². The van der Waals surface area contributed by atoms with Crippen LogP contribution in [0.25, 0.3) is 0 Å². The highest BCUT2D eigenvalue weighted by molar-refractivity contribution is 5.78. The summed E-state index contributed by atoms with van der Waals surface area (Å²) in [5.41, 5.74) is 7.14. The van der Waals surface area contributed by atoms with Crippen LogP contribution in [-0.2, 0) is 5.41 Å². The van der Waals surface area contributed by atoms with Crippen LogP contribution in [0.1, 0.15) is 18.9 Å². The third-order valence-corrected chi connectivity index (χ3v) is 3.66. The van der Waals surface area contributed by atoms with Crippen LogP contribution in [0.4, 0.5) is 0 Å². The average Bonchev–Trinajstić information content (AvgIpc) is 3.01. The van der Waals surface area contributed by atoms with Crippen LogP contribution in [0.2, 0.25) is 0 Å². The number of hydrogen-bond acceptors (Lipinski definition) is 2. The first-order valence-corrected chi connectivity index (χ1v) is 6.13. The van der Waals surface area contributed by atoms with Gasteiger partial charge in [-0.25, -0.2) is 4.99 Å². The molecule has 1 fully saturated rings. The number of ether oxygens (including phenoxy) is 1. The van der Waals surface area contributed by atoms with Crippen molar-refractivity contribution in [2.75, 3.05) is 21.2 Å². The van der Waals surface area contributed by atoms with Crippen molar-refractivity contribution in [2.45, 2.75) is 24.8 Å². The van der Waals surface area contributed by atoms with E-state index in [1.165, 1.54) is 5.56 Å². The smallest absolute Gasteiger partial charge is 0.191 e. The van der Waals surface area contributed by atoms with Crippen molar-refractivity contribution in [3.8, 4) is 5.75 Å². The molecule has 0 bridgehead atoms. The summed E-state index contributed by atoms with van der Waals surface area (Å²) >= 11 is 0. The Bertz CT molecular complexity index is 470. The van der Waals surface area contributed by atoms with E-state index >= 15 is 0 Å². The van der Waals surface area contributed by atoms with Crippen LogP contribution in [-0.4, -0.2) is 38.1 Å². The summed E-state index contributed by atoms with van der Waals surface area (Å²) in [6, 6.07) is 8.38. The minimum atomic E-state index is 0.0488. The number of nitrogens with zero attached hydrogens (tertiary/aromatic N) is 2. The lowest BCUT2D eigenvalue weighted by Gasteiger charge is -2.15. The van der Waals surface area contributed by atoms with E-state index in [0.29, 0.717) is 5.96 Å². The Kier molecular flexibility index (Phi) is 3.20. The van der Waals surface area contributed by atoms with Gasteiger partial charge in [-0.1, -0.05) is 25.1 Å². The largest absolute Gasteiger partial charge is 0.496 e. The Morgan fingerprint density at radius 1 is 1.44 bits per heavy atom. The molecule has 0 saturated heterocycles. The average molecular weight is 247 g/mol. The van der Waals surface area contributed by atoms with Gasteiger partial charge in [-0.05, 0) is 12.5 Å². The molecule has 4 nitrogen and oxygen atoms in total. The van der Waals surface area contributed by atoms with Crippen LogP contribution >= 0.6 is 0 Å². The first-order valence-electron chi connectivity index (χ1n) is 6.13. The van der Waals surface area contributed by atoms with Gasteiger partial charge in [-0.2, -0.15) is 0 Å². The highest BCUT2D eigenvalue weighted by Crippen LogP contribution is 2.52. The Hall–Kier alpha value is -1.71. The fourth-order valence-electron chi connectivity index (χ4n) is 2.21. The van der Waals surface area contributed by atoms with E-state index in [4.69, 9.17) is 10.5 Å². The summed E-state index contributed by atoms with van der Waals surface area (Å²) in [6.45, 7) is 2.21. The maximum atomic E-state index is 5.87. The Morgan fingerprint density at radius 3 is 2.72 bits per heavy atom. The Balaban J connectivity index is 2.23. The molecule has 2 atom stereocenters. The predicted molar refractivity (Wildman–Crippen MR) is 74.1 cm³/mol. The zero-order valence-corrected chi connectivity index (χ0v) is 11.5. The van der Waals surface area contributed by atoms with E-state index in [-0.39, 0.29) is 11.5 Å². The monoisotopic (exact) mass is 247 g/mol. The number of para-hydroxylation sites is 1. The van der Waals surface area contributed by atoms with E-state index in [9.17, 15) is 0 Å². The van der Waals surface area contributed by atoms with Crippen LogP contribution in [0.3, 0.4) is 0 Å². The van der Waals surface area contributed by atoms with Crippen molar-refractivity contribution in [3.05, 3.63) is 29.8 Å². The molecule has 1 aromatic carbocycles. The summed E-state index contributed by atoms with van der Waals surface area (Å²) < 4.78 is 5.42. The molecule has 2 N–H and O–H groups in total. The summed E-state index contributed by atoms with van der Waals surface area (Å²) in [5, 5.41) is 0. The topological polar surface area (TPSA) is 50.9 Å². The second kappa shape index (κ2) is 4.52. The standard InChI is InChI=1S/C14H21N3O/c1-14(9-12(14)16-13(15)17(2)3)10-7-5-6-8-11(10)18-4/h5-8,12H,9H2,1-4H3,(H2,15,16). The van der Waals surface area contributed by atoms with Gasteiger partial charge in [0.1, 0.15) is 5.75 Å². The summed E-state index contributed by atoms with van der Waals surface area (Å²) in [7, 11) is 5.51. The zero-order valence-electron chi connectivity index (χ0n) is 11.5. The molecule has 0 heterocycles. The van der Waals surface area contributed by atoms with E-state index in [1.54, 1.807) is 7.11 Å². The van der Waals surface area contributed by atoms with Crippen LogP contribution < -0.4 is 10.5 Å². The van der Waals surface area contributed by atoms with Gasteiger partial charge in [0, 0.05) is 25.1 Å². The molecule has 0 aliphatic heterocycles. The minimum absolute atomic E-state index is 0.0488. The van der Waals surface area contributed by atoms with Crippen molar-refractivity contribution in [3.63, 3.8) is 0 Å². The van der Waals surface area contributed by atoms with Crippen LogP contribution in [0.15, 0.2) is 29.3 Å². The molecule has 1 saturated carbocycles. The normalized spacial score (nSPS) is 26.9. The molecule has 2 unspecified atom stereocenters. The fraction of sp³-hybridized carbons (Fsp3) is 0.500. The molecule has 0 radical (unpaired) electrons. The first-order chi connectivity index (χ1) is 8.49. The quantitative estimate of drug-likeness (QED) is 0.652. The highest BCUT2D eigenvalue weighted by Gasteiger charge is 2.53. The second-order valence-corrected chi connectivity index (χ2v) is 5.22. The molecule has 1 aliphatic rings. The Morgan fingerprint density at radius 2 is 2.11 bits per heavy atom. The molecule has 1 aromatic rings. The first kappa shape index (κ1) is 12.7. The molecular formula is C14H21N3O. The number of aliphatic imine (C=N–C) groups is 1. The number of hydrogen-bond donors (Lipinski definition) is 1. The van der Waals surface area contributed by atoms with Crippen LogP contribution in [0, 0.1) is 0 Å². The van der Waals surface area contributed by atoms with Gasteiger partial charge in [0.25, 0.3) is 0 Å². The molecule has 18 heavy (non-hydrogen) atoms. The van der Waals surface area contributed by atoms with E-state index < -0.39 is 0 Å². The van der Waals surface area contributed by atoms with Crippen molar-refractivity contribution >= 4 is 5.96 Å². The summed E-state index contributed by atoms with van der Waals surface area (Å²) in [4.78, 5) is 6.39. The lowest BCUT2D eigenvalue weighted by Crippen LogP contribution is -2.31. The third-order valence-electron chi connectivity index (χ3n) is 3.66. The van der Waals surface area contributed by atoms with Gasteiger partial charge in [-0.15, -0.1) is 0 Å². The van der Waals surface area contributed by atoms with E-state index in [1.807, 2.05) is 37.2 Å². The number of rotatable bonds is 3. The van der Waals surface area contributed by atoms with Crippen molar-refractivity contribution in [1.29, 1.82) is 0 Å². The highest BCUT2D eigenvalue weighted by atomic mass is 16.5. The van der Waals surface area contributed by atoms with E-state index in [2.05, 4.69) is 18.0 Å². The summed E-state index contributed by atoms with van der Waals surface area (Å²) in [6.07, 6.45) is 1.02. The molecular weight excluding hydrogens is 226 g/mol. The number of methoxy groups -OCH3 is 1. The second-order valence-electron chi connectivity index (χ2n) is 5.22. The molecule has 98 valence electrons. The maximum absolute atomic E-state index is 5.87. The van der Waals surface area contributed by atoms with Gasteiger partial charge in [0.15, 0.2) is 5.96 Å². The van der Waals surface area contributed by atoms with Gasteiger partial charge >= 0.3 is 0 Å². The maximum Gasteiger partial charge on any atom is 0.191 e. The molecule has 2 rings (SSSR count). The number of nitrogens with two attached hydrogens (primary N) is 1. The summed E-state index contributed by atoms with van der Waals surface area (Å²) in [5.74, 6) is 1.51. The van der Waals surface area contributed by atoms with Gasteiger partial charge in [-0.3, -0.25) is 0 Å². The predicted octanol–water partition coefficient (Wildman–Crippen LogP) is 1.60. The number of guanidine groups is 1. The molecule has 1 aliphatic carbocycles. The van der Waals surface area contributed by atoms with Crippen molar-refractivity contribution in [2.24, 2.45) is 10.7 Å². The van der Waals surface area contributed by atoms with E-state index in [0.717, 1.165) is 12.2 Å². The lowest BCUT2D eigenvalue weighted by molar-refractivity contribution is 0.405. The van der Waals surface area contributed by atoms with Gasteiger partial charge in [0.05, 0.1) is 13.2 Å². The molecule has 4 heteroatoms.